The van der Waals surface area contributed by atoms with Crippen LogP contribution >= 0.6 is 0 Å². The fourth-order valence-corrected chi connectivity index (χ4v) is 4.04. The van der Waals surface area contributed by atoms with Crippen molar-refractivity contribution in [2.75, 3.05) is 19.8 Å². The molecule has 0 saturated carbocycles. The molecule has 5 rings (SSSR count). The third kappa shape index (κ3) is 2.19. The van der Waals surface area contributed by atoms with E-state index in [0.717, 1.165) is 28.9 Å². The molecule has 4 heterocycles. The molecule has 3 atom stereocenters. The molecule has 0 bridgehead atoms. The predicted molar refractivity (Wildman–Crippen MR) is 90.1 cm³/mol. The van der Waals surface area contributed by atoms with Gasteiger partial charge in [-0.1, -0.05) is 6.07 Å². The molecule has 1 spiro atoms. The van der Waals surface area contributed by atoms with E-state index in [9.17, 15) is 0 Å². The quantitative estimate of drug-likeness (QED) is 0.847. The molecule has 1 saturated heterocycles. The van der Waals surface area contributed by atoms with Crippen molar-refractivity contribution < 1.29 is 14.2 Å². The minimum atomic E-state index is -0.561. The standard InChI is InChI=1S/C18H18N4O3/c19-17-22-18(9-24-17)13-5-11(12-6-20-10-21-7-12)1-2-15(13)25-16-3-4-23-8-14(16)18/h1-2,5-7,10,14,16H,3-4,8-9H2,(H2,19,22)/t14-,16?,18?/m1/s1. The first-order chi connectivity index (χ1) is 12.3. The van der Waals surface area contributed by atoms with Gasteiger partial charge in [-0.3, -0.25) is 0 Å². The highest BCUT2D eigenvalue weighted by molar-refractivity contribution is 5.75. The van der Waals surface area contributed by atoms with Crippen molar-refractivity contribution in [3.63, 3.8) is 0 Å². The van der Waals surface area contributed by atoms with Crippen LogP contribution in [0.5, 0.6) is 5.75 Å². The zero-order valence-electron chi connectivity index (χ0n) is 13.6. The third-order valence-electron chi connectivity index (χ3n) is 5.27. The van der Waals surface area contributed by atoms with Crippen LogP contribution in [0.3, 0.4) is 0 Å². The maximum Gasteiger partial charge on any atom is 0.283 e. The highest BCUT2D eigenvalue weighted by Gasteiger charge is 2.54. The summed E-state index contributed by atoms with van der Waals surface area (Å²) in [4.78, 5) is 12.9. The Bertz CT molecular complexity index is 841. The van der Waals surface area contributed by atoms with E-state index in [-0.39, 0.29) is 18.0 Å². The van der Waals surface area contributed by atoms with E-state index in [4.69, 9.17) is 24.9 Å². The molecule has 1 aromatic carbocycles. The molecule has 25 heavy (non-hydrogen) atoms. The second-order valence-corrected chi connectivity index (χ2v) is 6.63. The van der Waals surface area contributed by atoms with Gasteiger partial charge in [-0.15, -0.1) is 0 Å². The van der Waals surface area contributed by atoms with E-state index in [0.29, 0.717) is 19.8 Å². The van der Waals surface area contributed by atoms with Gasteiger partial charge >= 0.3 is 0 Å². The molecule has 128 valence electrons. The van der Waals surface area contributed by atoms with Crippen LogP contribution in [0, 0.1) is 5.92 Å². The number of hydrogen-bond donors (Lipinski definition) is 1. The topological polar surface area (TPSA) is 91.9 Å². The van der Waals surface area contributed by atoms with E-state index < -0.39 is 5.54 Å². The summed E-state index contributed by atoms with van der Waals surface area (Å²) in [6.45, 7) is 1.70. The van der Waals surface area contributed by atoms with Gasteiger partial charge < -0.3 is 19.9 Å². The van der Waals surface area contributed by atoms with Crippen molar-refractivity contribution in [1.82, 2.24) is 9.97 Å². The van der Waals surface area contributed by atoms with Gasteiger partial charge in [-0.25, -0.2) is 15.0 Å². The molecule has 3 aliphatic heterocycles. The molecule has 2 N–H and O–H groups in total. The normalized spacial score (nSPS) is 30.0. The van der Waals surface area contributed by atoms with Crippen LogP contribution in [-0.4, -0.2) is 41.9 Å². The average molecular weight is 338 g/mol. The van der Waals surface area contributed by atoms with E-state index >= 15 is 0 Å². The summed E-state index contributed by atoms with van der Waals surface area (Å²) in [5.74, 6) is 0.919. The molecular formula is C18H18N4O3. The van der Waals surface area contributed by atoms with Crippen molar-refractivity contribution in [3.05, 3.63) is 42.5 Å². The molecule has 2 unspecified atom stereocenters. The Kier molecular flexibility index (Phi) is 3.18. The number of nitrogens with two attached hydrogens (primary N) is 1. The summed E-state index contributed by atoms with van der Waals surface area (Å²) in [7, 11) is 0. The number of ether oxygens (including phenoxy) is 3. The lowest BCUT2D eigenvalue weighted by Crippen LogP contribution is -2.52. The second kappa shape index (κ2) is 5.42. The number of nitrogens with zero attached hydrogens (tertiary/aromatic N) is 3. The number of amidine groups is 1. The van der Waals surface area contributed by atoms with Crippen LogP contribution in [0.15, 0.2) is 41.9 Å². The van der Waals surface area contributed by atoms with Crippen molar-refractivity contribution in [3.8, 4) is 16.9 Å². The summed E-state index contributed by atoms with van der Waals surface area (Å²) in [6, 6.07) is 6.33. The summed E-state index contributed by atoms with van der Waals surface area (Å²) >= 11 is 0. The van der Waals surface area contributed by atoms with E-state index in [2.05, 4.69) is 16.0 Å². The lowest BCUT2D eigenvalue weighted by atomic mass is 9.72. The molecule has 7 heteroatoms. The first kappa shape index (κ1) is 14.7. The number of hydrogen-bond acceptors (Lipinski definition) is 7. The lowest BCUT2D eigenvalue weighted by molar-refractivity contribution is -0.0726. The van der Waals surface area contributed by atoms with Crippen LogP contribution in [0.25, 0.3) is 11.1 Å². The van der Waals surface area contributed by atoms with Crippen molar-refractivity contribution in [1.29, 1.82) is 0 Å². The Hall–Kier alpha value is -2.67. The highest BCUT2D eigenvalue weighted by atomic mass is 16.5. The van der Waals surface area contributed by atoms with Crippen molar-refractivity contribution in [2.45, 2.75) is 18.1 Å². The molecular weight excluding hydrogens is 320 g/mol. The Morgan fingerprint density at radius 2 is 2.04 bits per heavy atom. The van der Waals surface area contributed by atoms with Gasteiger partial charge in [0.15, 0.2) is 0 Å². The van der Waals surface area contributed by atoms with E-state index in [1.54, 1.807) is 12.4 Å². The van der Waals surface area contributed by atoms with Gasteiger partial charge in [-0.2, -0.15) is 0 Å². The molecule has 0 radical (unpaired) electrons. The number of aromatic nitrogens is 2. The van der Waals surface area contributed by atoms with Crippen LogP contribution < -0.4 is 10.5 Å². The van der Waals surface area contributed by atoms with Crippen LogP contribution in [0.2, 0.25) is 0 Å². The molecule has 3 aliphatic rings. The largest absolute Gasteiger partial charge is 0.489 e. The lowest BCUT2D eigenvalue weighted by Gasteiger charge is -2.45. The molecule has 1 fully saturated rings. The molecule has 1 aromatic heterocycles. The van der Waals surface area contributed by atoms with Crippen LogP contribution in [0.4, 0.5) is 0 Å². The minimum absolute atomic E-state index is 0.0606. The zero-order chi connectivity index (χ0) is 16.9. The van der Waals surface area contributed by atoms with Gasteiger partial charge in [-0.05, 0) is 17.7 Å². The summed E-state index contributed by atoms with van der Waals surface area (Å²) in [6.07, 6.45) is 6.01. The minimum Gasteiger partial charge on any atom is -0.489 e. The fourth-order valence-electron chi connectivity index (χ4n) is 4.04. The Morgan fingerprint density at radius 3 is 2.84 bits per heavy atom. The molecule has 0 amide bonds. The van der Waals surface area contributed by atoms with Gasteiger partial charge in [0.25, 0.3) is 6.02 Å². The molecule has 0 aliphatic carbocycles. The number of benzene rings is 1. The molecule has 7 nitrogen and oxygen atoms in total. The number of rotatable bonds is 1. The first-order valence-corrected chi connectivity index (χ1v) is 8.39. The summed E-state index contributed by atoms with van der Waals surface area (Å²) in [5.41, 5.74) is 8.28. The van der Waals surface area contributed by atoms with Gasteiger partial charge in [0.05, 0.1) is 19.1 Å². The van der Waals surface area contributed by atoms with Crippen LogP contribution in [-0.2, 0) is 15.0 Å². The highest BCUT2D eigenvalue weighted by Crippen LogP contribution is 2.50. The maximum absolute atomic E-state index is 6.27. The van der Waals surface area contributed by atoms with Gasteiger partial charge in [0.1, 0.15) is 30.3 Å². The SMILES string of the molecule is NC1=NC2(CO1)c1cc(-c3cncnc3)ccc1OC1CCOC[C@H]12. The predicted octanol–water partition coefficient (Wildman–Crippen LogP) is 1.48. The monoisotopic (exact) mass is 338 g/mol. The molecule has 2 aromatic rings. The average Bonchev–Trinajstić information content (AvgIpc) is 3.05. The Labute approximate surface area is 144 Å². The smallest absolute Gasteiger partial charge is 0.283 e. The Balaban J connectivity index is 1.68. The van der Waals surface area contributed by atoms with Gasteiger partial charge in [0, 0.05) is 29.9 Å². The first-order valence-electron chi connectivity index (χ1n) is 8.39. The zero-order valence-corrected chi connectivity index (χ0v) is 13.6. The van der Waals surface area contributed by atoms with Crippen molar-refractivity contribution in [2.24, 2.45) is 16.6 Å². The fraction of sp³-hybridized carbons (Fsp3) is 0.389. The van der Waals surface area contributed by atoms with Crippen LogP contribution in [0.1, 0.15) is 12.0 Å². The van der Waals surface area contributed by atoms with Gasteiger partial charge in [0.2, 0.25) is 0 Å². The Morgan fingerprint density at radius 1 is 1.16 bits per heavy atom. The van der Waals surface area contributed by atoms with E-state index in [1.165, 1.54) is 6.33 Å². The number of aliphatic imine (C=N–C) groups is 1. The van der Waals surface area contributed by atoms with Crippen molar-refractivity contribution >= 4 is 6.02 Å². The van der Waals surface area contributed by atoms with E-state index in [1.807, 2.05) is 12.1 Å². The summed E-state index contributed by atoms with van der Waals surface area (Å²) in [5, 5.41) is 0. The maximum atomic E-state index is 6.27. The third-order valence-corrected chi connectivity index (χ3v) is 5.27. The summed E-state index contributed by atoms with van der Waals surface area (Å²) < 4.78 is 17.6. The number of fused-ring (bicyclic) bond motifs is 4. The second-order valence-electron chi connectivity index (χ2n) is 6.63.